The minimum absolute atomic E-state index is 0.0222. The van der Waals surface area contributed by atoms with Crippen LogP contribution < -0.4 is 5.32 Å². The second-order valence-electron chi connectivity index (χ2n) is 8.28. The molecule has 29 heavy (non-hydrogen) atoms. The van der Waals surface area contributed by atoms with Gasteiger partial charge in [-0.05, 0) is 56.5 Å². The molecule has 0 spiro atoms. The number of carbonyl (C=O) groups excluding carboxylic acids is 2. The monoisotopic (exact) mass is 400 g/mol. The van der Waals surface area contributed by atoms with E-state index in [1.165, 1.54) is 32.4 Å². The van der Waals surface area contributed by atoms with E-state index in [1.807, 2.05) is 34.1 Å². The number of benzene rings is 1. The highest BCUT2D eigenvalue weighted by molar-refractivity contribution is 5.89. The fraction of sp³-hybridized carbons (Fsp3) is 0.636. The average molecular weight is 401 g/mol. The summed E-state index contributed by atoms with van der Waals surface area (Å²) in [6.45, 7) is 6.55. The predicted octanol–water partition coefficient (Wildman–Crippen LogP) is 2.18. The zero-order chi connectivity index (χ0) is 20.1. The zero-order valence-electron chi connectivity index (χ0n) is 17.1. The SMILES string of the molecule is O=C(Cc1ccc(NC(=O)N2CCC[C@H](N3CCCC3)C2)cc1)N1CCOCC1. The van der Waals surface area contributed by atoms with Gasteiger partial charge in [-0.25, -0.2) is 4.79 Å². The number of ether oxygens (including phenoxy) is 1. The second kappa shape index (κ2) is 9.59. The zero-order valence-corrected chi connectivity index (χ0v) is 17.1. The van der Waals surface area contributed by atoms with Gasteiger partial charge in [-0.1, -0.05) is 12.1 Å². The molecule has 0 aromatic heterocycles. The molecule has 3 saturated heterocycles. The van der Waals surface area contributed by atoms with Gasteiger partial charge in [-0.3, -0.25) is 9.69 Å². The van der Waals surface area contributed by atoms with E-state index >= 15 is 0 Å². The van der Waals surface area contributed by atoms with E-state index < -0.39 is 0 Å². The molecule has 1 aromatic rings. The van der Waals surface area contributed by atoms with Crippen molar-refractivity contribution in [2.75, 3.05) is 57.8 Å². The van der Waals surface area contributed by atoms with Gasteiger partial charge >= 0.3 is 6.03 Å². The van der Waals surface area contributed by atoms with Crippen molar-refractivity contribution >= 4 is 17.6 Å². The summed E-state index contributed by atoms with van der Waals surface area (Å²) < 4.78 is 5.30. The summed E-state index contributed by atoms with van der Waals surface area (Å²) in [6.07, 6.45) is 5.21. The minimum Gasteiger partial charge on any atom is -0.378 e. The van der Waals surface area contributed by atoms with E-state index in [1.54, 1.807) is 0 Å². The number of piperidine rings is 1. The van der Waals surface area contributed by atoms with Gasteiger partial charge in [0.05, 0.1) is 19.6 Å². The van der Waals surface area contributed by atoms with E-state index in [4.69, 9.17) is 4.74 Å². The smallest absolute Gasteiger partial charge is 0.321 e. The fourth-order valence-electron chi connectivity index (χ4n) is 4.55. The third kappa shape index (κ3) is 5.28. The maximum Gasteiger partial charge on any atom is 0.321 e. The molecule has 0 bridgehead atoms. The molecule has 4 rings (SSSR count). The summed E-state index contributed by atoms with van der Waals surface area (Å²) in [5.74, 6) is 0.131. The Morgan fingerprint density at radius 3 is 2.38 bits per heavy atom. The molecule has 1 N–H and O–H groups in total. The summed E-state index contributed by atoms with van der Waals surface area (Å²) in [7, 11) is 0. The highest BCUT2D eigenvalue weighted by Crippen LogP contribution is 2.21. The Morgan fingerprint density at radius 1 is 0.931 bits per heavy atom. The average Bonchev–Trinajstić information content (AvgIpc) is 3.31. The first-order valence-corrected chi connectivity index (χ1v) is 10.9. The van der Waals surface area contributed by atoms with Crippen molar-refractivity contribution in [3.63, 3.8) is 0 Å². The summed E-state index contributed by atoms with van der Waals surface area (Å²) >= 11 is 0. The fourth-order valence-corrected chi connectivity index (χ4v) is 4.55. The van der Waals surface area contributed by atoms with Crippen LogP contribution in [0.2, 0.25) is 0 Å². The second-order valence-corrected chi connectivity index (χ2v) is 8.28. The predicted molar refractivity (Wildman–Crippen MR) is 112 cm³/mol. The number of morpholine rings is 1. The minimum atomic E-state index is -0.0222. The maximum atomic E-state index is 12.7. The van der Waals surface area contributed by atoms with Crippen molar-refractivity contribution in [1.82, 2.24) is 14.7 Å². The lowest BCUT2D eigenvalue weighted by Gasteiger charge is -2.37. The molecule has 3 amide bonds. The number of rotatable bonds is 4. The molecule has 1 atom stereocenters. The molecule has 0 unspecified atom stereocenters. The van der Waals surface area contributed by atoms with E-state index in [-0.39, 0.29) is 11.9 Å². The van der Waals surface area contributed by atoms with Crippen LogP contribution in [0.4, 0.5) is 10.5 Å². The third-order valence-corrected chi connectivity index (χ3v) is 6.27. The quantitative estimate of drug-likeness (QED) is 0.841. The molecule has 158 valence electrons. The van der Waals surface area contributed by atoms with Crippen molar-refractivity contribution < 1.29 is 14.3 Å². The molecular weight excluding hydrogens is 368 g/mol. The Bertz CT molecular complexity index is 697. The molecule has 1 aromatic carbocycles. The van der Waals surface area contributed by atoms with Crippen molar-refractivity contribution in [1.29, 1.82) is 0 Å². The number of urea groups is 1. The Morgan fingerprint density at radius 2 is 1.66 bits per heavy atom. The third-order valence-electron chi connectivity index (χ3n) is 6.27. The molecule has 3 fully saturated rings. The lowest BCUT2D eigenvalue weighted by molar-refractivity contribution is -0.134. The lowest BCUT2D eigenvalue weighted by Crippen LogP contribution is -2.50. The van der Waals surface area contributed by atoms with Gasteiger partial charge in [-0.2, -0.15) is 0 Å². The molecule has 0 aliphatic carbocycles. The van der Waals surface area contributed by atoms with Crippen LogP contribution in [0.25, 0.3) is 0 Å². The van der Waals surface area contributed by atoms with Crippen LogP contribution in [0, 0.1) is 0 Å². The molecule has 7 heteroatoms. The molecule has 3 heterocycles. The lowest BCUT2D eigenvalue weighted by atomic mass is 10.0. The topological polar surface area (TPSA) is 65.1 Å². The van der Waals surface area contributed by atoms with Crippen LogP contribution >= 0.6 is 0 Å². The summed E-state index contributed by atoms with van der Waals surface area (Å²) in [5.41, 5.74) is 1.74. The largest absolute Gasteiger partial charge is 0.378 e. The highest BCUT2D eigenvalue weighted by Gasteiger charge is 2.29. The van der Waals surface area contributed by atoms with E-state index in [0.717, 1.165) is 30.8 Å². The first-order chi connectivity index (χ1) is 14.2. The number of nitrogens with one attached hydrogen (secondary N) is 1. The summed E-state index contributed by atoms with van der Waals surface area (Å²) in [5, 5.41) is 3.02. The molecular formula is C22H32N4O3. The van der Waals surface area contributed by atoms with Gasteiger partial charge < -0.3 is 19.9 Å². The highest BCUT2D eigenvalue weighted by atomic mass is 16.5. The van der Waals surface area contributed by atoms with Crippen LogP contribution in [-0.4, -0.2) is 85.2 Å². The normalized spacial score (nSPS) is 23.2. The van der Waals surface area contributed by atoms with Crippen molar-refractivity contribution in [3.8, 4) is 0 Å². The Labute approximate surface area is 173 Å². The van der Waals surface area contributed by atoms with Crippen molar-refractivity contribution in [3.05, 3.63) is 29.8 Å². The Kier molecular flexibility index (Phi) is 6.67. The molecule has 3 aliphatic heterocycles. The van der Waals surface area contributed by atoms with Gasteiger partial charge in [0.2, 0.25) is 5.91 Å². The van der Waals surface area contributed by atoms with E-state index in [2.05, 4.69) is 10.2 Å². The van der Waals surface area contributed by atoms with Gasteiger partial charge in [0.15, 0.2) is 0 Å². The summed E-state index contributed by atoms with van der Waals surface area (Å²) in [4.78, 5) is 31.4. The Hall–Kier alpha value is -2.12. The maximum absolute atomic E-state index is 12.7. The molecule has 0 radical (unpaired) electrons. The van der Waals surface area contributed by atoms with Crippen LogP contribution in [-0.2, 0) is 16.0 Å². The molecule has 3 aliphatic rings. The number of carbonyl (C=O) groups is 2. The first kappa shape index (κ1) is 20.2. The van der Waals surface area contributed by atoms with Crippen LogP contribution in [0.1, 0.15) is 31.2 Å². The number of amides is 3. The van der Waals surface area contributed by atoms with Crippen molar-refractivity contribution in [2.45, 2.75) is 38.1 Å². The van der Waals surface area contributed by atoms with E-state index in [0.29, 0.717) is 38.8 Å². The van der Waals surface area contributed by atoms with Crippen LogP contribution in [0.5, 0.6) is 0 Å². The first-order valence-electron chi connectivity index (χ1n) is 10.9. The van der Waals surface area contributed by atoms with Gasteiger partial charge in [-0.15, -0.1) is 0 Å². The van der Waals surface area contributed by atoms with Gasteiger partial charge in [0, 0.05) is 37.9 Å². The number of nitrogens with zero attached hydrogens (tertiary/aromatic N) is 3. The van der Waals surface area contributed by atoms with E-state index in [9.17, 15) is 9.59 Å². The van der Waals surface area contributed by atoms with Gasteiger partial charge in [0.25, 0.3) is 0 Å². The van der Waals surface area contributed by atoms with Crippen LogP contribution in [0.15, 0.2) is 24.3 Å². The van der Waals surface area contributed by atoms with Crippen LogP contribution in [0.3, 0.4) is 0 Å². The van der Waals surface area contributed by atoms with Gasteiger partial charge in [0.1, 0.15) is 0 Å². The number of hydrogen-bond donors (Lipinski definition) is 1. The standard InChI is InChI=1S/C22H32N4O3/c27-21(25-12-14-29-15-13-25)16-18-5-7-19(8-6-18)23-22(28)26-11-3-4-20(17-26)24-9-1-2-10-24/h5-8,20H,1-4,9-17H2,(H,23,28)/t20-/m0/s1. The van der Waals surface area contributed by atoms with Crippen molar-refractivity contribution in [2.24, 2.45) is 0 Å². The number of likely N-dealkylation sites (tertiary alicyclic amines) is 2. The number of hydrogen-bond acceptors (Lipinski definition) is 4. The molecule has 7 nitrogen and oxygen atoms in total. The summed E-state index contributed by atoms with van der Waals surface area (Å²) in [6, 6.07) is 8.12. The Balaban J connectivity index is 1.27. The number of anilines is 1. The molecule has 0 saturated carbocycles.